The van der Waals surface area contributed by atoms with Crippen LogP contribution in [0, 0.1) is 46.3 Å². The van der Waals surface area contributed by atoms with E-state index in [4.69, 9.17) is 9.47 Å². The minimum absolute atomic E-state index is 0.335. The van der Waals surface area contributed by atoms with E-state index in [1.807, 2.05) is 11.8 Å². The van der Waals surface area contributed by atoms with Gasteiger partial charge in [0, 0.05) is 27.2 Å². The maximum atomic E-state index is 13.3. The molecule has 7 rings (SSSR count). The van der Waals surface area contributed by atoms with Crippen LogP contribution in [0.1, 0.15) is 53.4 Å². The summed E-state index contributed by atoms with van der Waals surface area (Å²) in [6.07, 6.45) is 5.10. The lowest BCUT2D eigenvalue weighted by Crippen LogP contribution is -2.60. The van der Waals surface area contributed by atoms with Crippen molar-refractivity contribution in [3.63, 3.8) is 0 Å². The Balaban J connectivity index is 1.32. The fourth-order valence-corrected chi connectivity index (χ4v) is 11.3. The summed E-state index contributed by atoms with van der Waals surface area (Å²) in [5.74, 6) is 4.10. The zero-order chi connectivity index (χ0) is 19.0. The molecule has 0 aromatic heterocycles. The second-order valence-corrected chi connectivity index (χ2v) is 14.4. The van der Waals surface area contributed by atoms with E-state index in [0.717, 1.165) is 42.5 Å². The molecule has 4 bridgehead atoms. The highest BCUT2D eigenvalue weighted by Crippen LogP contribution is 2.64. The molecule has 1 heterocycles. The van der Waals surface area contributed by atoms with Gasteiger partial charge in [-0.3, -0.25) is 4.21 Å². The Morgan fingerprint density at radius 1 is 0.852 bits per heavy atom. The summed E-state index contributed by atoms with van der Waals surface area (Å²) in [7, 11) is -0.729. The summed E-state index contributed by atoms with van der Waals surface area (Å²) in [5, 5.41) is 1.78. The van der Waals surface area contributed by atoms with Crippen LogP contribution in [0.2, 0.25) is 0 Å². The van der Waals surface area contributed by atoms with Crippen LogP contribution in [0.5, 0.6) is 0 Å². The molecule has 0 radical (unpaired) electrons. The van der Waals surface area contributed by atoms with Gasteiger partial charge >= 0.3 is 0 Å². The molecule has 1 unspecified atom stereocenters. The highest BCUT2D eigenvalue weighted by molar-refractivity contribution is 8.10. The predicted molar refractivity (Wildman–Crippen MR) is 112 cm³/mol. The summed E-state index contributed by atoms with van der Waals surface area (Å²) in [4.78, 5) is 0. The van der Waals surface area contributed by atoms with Crippen LogP contribution in [0.4, 0.5) is 0 Å². The Hall–Kier alpha value is 0.420. The molecule has 154 valence electrons. The maximum Gasteiger partial charge on any atom is 0.146 e. The zero-order valence-electron chi connectivity index (χ0n) is 17.3. The molecule has 7 fully saturated rings. The van der Waals surface area contributed by atoms with E-state index in [2.05, 4.69) is 27.7 Å². The highest BCUT2D eigenvalue weighted by Gasteiger charge is 2.60. The van der Waals surface area contributed by atoms with Crippen molar-refractivity contribution in [1.29, 1.82) is 0 Å². The van der Waals surface area contributed by atoms with Gasteiger partial charge in [-0.25, -0.2) is 0 Å². The molecule has 1 saturated heterocycles. The monoisotopic (exact) mass is 412 g/mol. The lowest BCUT2D eigenvalue weighted by molar-refractivity contribution is -0.158. The molecule has 0 N–H and O–H groups in total. The third kappa shape index (κ3) is 2.92. The van der Waals surface area contributed by atoms with Crippen molar-refractivity contribution >= 4 is 22.6 Å². The molecule has 0 aromatic carbocycles. The van der Waals surface area contributed by atoms with Gasteiger partial charge in [-0.1, -0.05) is 27.7 Å². The predicted octanol–water partition coefficient (Wildman–Crippen LogP) is 4.53. The molecule has 0 aromatic rings. The molecule has 1 aliphatic heterocycles. The first kappa shape index (κ1) is 19.4. The van der Waals surface area contributed by atoms with Gasteiger partial charge in [0.1, 0.15) is 6.79 Å². The molecule has 7 aliphatic rings. The number of hydrogen-bond donors (Lipinski definition) is 0. The second-order valence-electron chi connectivity index (χ2n) is 11.1. The first-order valence-corrected chi connectivity index (χ1v) is 13.4. The Bertz CT molecular complexity index is 619. The Labute approximate surface area is 171 Å². The summed E-state index contributed by atoms with van der Waals surface area (Å²) in [6, 6.07) is 0. The van der Waals surface area contributed by atoms with E-state index in [1.54, 1.807) is 0 Å². The number of thioether (sulfide) groups is 1. The fourth-order valence-electron chi connectivity index (χ4n) is 7.40. The van der Waals surface area contributed by atoms with Crippen LogP contribution in [-0.2, 0) is 20.3 Å². The smallest absolute Gasteiger partial charge is 0.146 e. The minimum Gasteiger partial charge on any atom is -0.355 e. The Kier molecular flexibility index (Phi) is 4.82. The standard InChI is InChI=1S/C22H36O3S2/c1-21(2)13-5-17(21)15-9-24-11-25-10-16-18-6-14(22(18,3)4)8-20(16)27(23)12-26-19(15)7-13/h13-20H,5-12H2,1-4H3/t13-,14-,15-,16-,17+,18+,19-,20-,27?/m0/s1. The van der Waals surface area contributed by atoms with Gasteiger partial charge in [0.2, 0.25) is 0 Å². The van der Waals surface area contributed by atoms with E-state index in [1.165, 1.54) is 19.3 Å². The van der Waals surface area contributed by atoms with Crippen LogP contribution in [0.25, 0.3) is 0 Å². The van der Waals surface area contributed by atoms with E-state index < -0.39 is 10.8 Å². The van der Waals surface area contributed by atoms with Gasteiger partial charge in [-0.2, -0.15) is 0 Å². The van der Waals surface area contributed by atoms with Gasteiger partial charge in [0.25, 0.3) is 0 Å². The third-order valence-corrected chi connectivity index (χ3v) is 13.3. The van der Waals surface area contributed by atoms with Crippen LogP contribution >= 0.6 is 11.8 Å². The lowest BCUT2D eigenvalue weighted by Gasteiger charge is -2.63. The SMILES string of the molecule is CC1(C)[C@@H]2C[C@@H]3SCS(=O)[C@H]4C[C@@H]5C[C@H]([C@@H]4COCOC[C@H]3[C@H]1C2)C5(C)C. The van der Waals surface area contributed by atoms with Crippen LogP contribution in [-0.4, -0.2) is 39.8 Å². The van der Waals surface area contributed by atoms with E-state index in [9.17, 15) is 4.21 Å². The minimum atomic E-state index is -0.729. The lowest BCUT2D eigenvalue weighted by atomic mass is 9.45. The largest absolute Gasteiger partial charge is 0.355 e. The van der Waals surface area contributed by atoms with Crippen molar-refractivity contribution in [1.82, 2.24) is 0 Å². The quantitative estimate of drug-likeness (QED) is 0.585. The van der Waals surface area contributed by atoms with Crippen molar-refractivity contribution in [2.24, 2.45) is 46.3 Å². The van der Waals surface area contributed by atoms with Crippen molar-refractivity contribution in [3.8, 4) is 0 Å². The normalized spacial score (nSPS) is 53.4. The summed E-state index contributed by atoms with van der Waals surface area (Å²) < 4.78 is 25.4. The van der Waals surface area contributed by atoms with Crippen molar-refractivity contribution < 1.29 is 13.7 Å². The summed E-state index contributed by atoms with van der Waals surface area (Å²) in [6.45, 7) is 11.7. The van der Waals surface area contributed by atoms with Crippen LogP contribution in [0.3, 0.4) is 0 Å². The molecule has 5 heteroatoms. The molecule has 9 atom stereocenters. The van der Waals surface area contributed by atoms with E-state index in [-0.39, 0.29) is 0 Å². The van der Waals surface area contributed by atoms with Gasteiger partial charge in [-0.15, -0.1) is 11.8 Å². The second kappa shape index (κ2) is 6.72. The highest BCUT2D eigenvalue weighted by atomic mass is 32.2. The van der Waals surface area contributed by atoms with Gasteiger partial charge in [0.15, 0.2) is 0 Å². The van der Waals surface area contributed by atoms with E-state index >= 15 is 0 Å². The van der Waals surface area contributed by atoms with Crippen molar-refractivity contribution in [2.45, 2.75) is 63.9 Å². The average molecular weight is 413 g/mol. The summed E-state index contributed by atoms with van der Waals surface area (Å²) >= 11 is 2.01. The van der Waals surface area contributed by atoms with E-state index in [0.29, 0.717) is 45.9 Å². The van der Waals surface area contributed by atoms with Gasteiger partial charge in [-0.05, 0) is 66.1 Å². The molecular formula is C22H36O3S2. The Morgan fingerprint density at radius 3 is 2.11 bits per heavy atom. The summed E-state index contributed by atoms with van der Waals surface area (Å²) in [5.41, 5.74) is 0.866. The molecule has 27 heavy (non-hydrogen) atoms. The first-order chi connectivity index (χ1) is 12.8. The maximum absolute atomic E-state index is 13.3. The van der Waals surface area contributed by atoms with Crippen molar-refractivity contribution in [2.75, 3.05) is 25.1 Å². The third-order valence-electron chi connectivity index (χ3n) is 9.64. The molecule has 6 aliphatic carbocycles. The number of ether oxygens (including phenoxy) is 2. The zero-order valence-corrected chi connectivity index (χ0v) is 18.9. The number of rotatable bonds is 0. The topological polar surface area (TPSA) is 35.5 Å². The Morgan fingerprint density at radius 2 is 1.44 bits per heavy atom. The molecule has 3 nitrogen and oxygen atoms in total. The molecule has 6 saturated carbocycles. The first-order valence-electron chi connectivity index (χ1n) is 10.9. The average Bonchev–Trinajstić information content (AvgIpc) is 2.64. The van der Waals surface area contributed by atoms with Crippen LogP contribution < -0.4 is 0 Å². The van der Waals surface area contributed by atoms with Gasteiger partial charge in [0.05, 0.1) is 18.3 Å². The van der Waals surface area contributed by atoms with Gasteiger partial charge < -0.3 is 9.47 Å². The molecule has 0 spiro atoms. The fraction of sp³-hybridized carbons (Fsp3) is 1.00. The molecular weight excluding hydrogens is 376 g/mol. The molecule has 0 amide bonds. The van der Waals surface area contributed by atoms with Crippen molar-refractivity contribution in [3.05, 3.63) is 0 Å². The van der Waals surface area contributed by atoms with Crippen LogP contribution in [0.15, 0.2) is 0 Å². The number of hydrogen-bond acceptors (Lipinski definition) is 4.